The molecule has 0 radical (unpaired) electrons. The van der Waals surface area contributed by atoms with Crippen molar-refractivity contribution in [1.82, 2.24) is 0 Å². The molecule has 0 aliphatic heterocycles. The van der Waals surface area contributed by atoms with Crippen molar-refractivity contribution < 1.29 is 27.5 Å². The number of carbonyl (C=O) groups excluding carboxylic acids is 2. The molecule has 27 heavy (non-hydrogen) atoms. The van der Waals surface area contributed by atoms with Crippen LogP contribution in [0.4, 0.5) is 18.9 Å². The van der Waals surface area contributed by atoms with Crippen LogP contribution in [-0.4, -0.2) is 18.3 Å². The number of amides is 1. The predicted octanol–water partition coefficient (Wildman–Crippen LogP) is 4.90. The Hall–Kier alpha value is -2.54. The first-order valence-electron chi connectivity index (χ1n) is 8.03. The molecule has 0 unspecified atom stereocenters. The summed E-state index contributed by atoms with van der Waals surface area (Å²) >= 11 is 5.53. The van der Waals surface area contributed by atoms with Crippen molar-refractivity contribution >= 4 is 29.0 Å². The van der Waals surface area contributed by atoms with Crippen LogP contribution in [0.1, 0.15) is 24.5 Å². The molecule has 0 spiro atoms. The molecule has 1 amide bonds. The summed E-state index contributed by atoms with van der Waals surface area (Å²) < 4.78 is 43.8. The molecular formula is C19H17ClF3NO3. The third-order valence-electron chi connectivity index (χ3n) is 3.61. The summed E-state index contributed by atoms with van der Waals surface area (Å²) in [5.41, 5.74) is -0.0909. The van der Waals surface area contributed by atoms with Crippen LogP contribution in [-0.2, 0) is 22.2 Å². The standard InChI is InChI=1S/C19H17ClF3NO3/c1-12(25)2-3-13-4-7-15(8-5-13)27-11-18(26)24-14-6-9-17(20)16(10-14)19(21,22)23/h4-10H,2-3,11H2,1H3,(H,24,26). The Balaban J connectivity index is 1.90. The van der Waals surface area contributed by atoms with Crippen LogP contribution in [0.3, 0.4) is 0 Å². The van der Waals surface area contributed by atoms with E-state index in [4.69, 9.17) is 16.3 Å². The van der Waals surface area contributed by atoms with Gasteiger partial charge in [0.15, 0.2) is 6.61 Å². The van der Waals surface area contributed by atoms with Gasteiger partial charge in [0.25, 0.3) is 5.91 Å². The summed E-state index contributed by atoms with van der Waals surface area (Å²) in [6.45, 7) is 1.16. The van der Waals surface area contributed by atoms with Gasteiger partial charge in [-0.15, -0.1) is 0 Å². The fourth-order valence-corrected chi connectivity index (χ4v) is 2.46. The number of benzene rings is 2. The van der Waals surface area contributed by atoms with Crippen molar-refractivity contribution in [3.8, 4) is 5.75 Å². The Morgan fingerprint density at radius 2 is 1.78 bits per heavy atom. The second-order valence-corrected chi connectivity index (χ2v) is 6.28. The van der Waals surface area contributed by atoms with Crippen LogP contribution >= 0.6 is 11.6 Å². The maximum absolute atomic E-state index is 12.8. The minimum atomic E-state index is -4.61. The second-order valence-electron chi connectivity index (χ2n) is 5.88. The summed E-state index contributed by atoms with van der Waals surface area (Å²) in [6, 6.07) is 10.00. The van der Waals surface area contributed by atoms with Crippen molar-refractivity contribution in [3.05, 3.63) is 58.6 Å². The Morgan fingerprint density at radius 3 is 2.37 bits per heavy atom. The lowest BCUT2D eigenvalue weighted by molar-refractivity contribution is -0.137. The molecule has 2 aromatic carbocycles. The van der Waals surface area contributed by atoms with E-state index in [1.807, 2.05) is 0 Å². The highest BCUT2D eigenvalue weighted by atomic mass is 35.5. The van der Waals surface area contributed by atoms with E-state index in [0.29, 0.717) is 18.6 Å². The van der Waals surface area contributed by atoms with Gasteiger partial charge < -0.3 is 14.8 Å². The molecule has 0 heterocycles. The van der Waals surface area contributed by atoms with Gasteiger partial charge in [-0.2, -0.15) is 13.2 Å². The molecule has 0 aliphatic rings. The number of rotatable bonds is 7. The third kappa shape index (κ3) is 6.60. The molecule has 0 aliphatic carbocycles. The Bertz CT molecular complexity index is 820. The monoisotopic (exact) mass is 399 g/mol. The average Bonchev–Trinajstić information content (AvgIpc) is 2.59. The fourth-order valence-electron chi connectivity index (χ4n) is 2.24. The SMILES string of the molecule is CC(=O)CCc1ccc(OCC(=O)Nc2ccc(Cl)c(C(F)(F)F)c2)cc1. The van der Waals surface area contributed by atoms with Crippen molar-refractivity contribution in [1.29, 1.82) is 0 Å². The average molecular weight is 400 g/mol. The number of ketones is 1. The fraction of sp³-hybridized carbons (Fsp3) is 0.263. The van der Waals surface area contributed by atoms with Gasteiger partial charge in [-0.05, 0) is 49.2 Å². The zero-order valence-corrected chi connectivity index (χ0v) is 15.2. The molecule has 0 saturated heterocycles. The number of ether oxygens (including phenoxy) is 1. The van der Waals surface area contributed by atoms with Crippen LogP contribution in [0.2, 0.25) is 5.02 Å². The molecule has 0 saturated carbocycles. The second kappa shape index (κ2) is 8.90. The van der Waals surface area contributed by atoms with E-state index < -0.39 is 22.7 Å². The van der Waals surface area contributed by atoms with E-state index in [1.165, 1.54) is 13.0 Å². The molecule has 1 N–H and O–H groups in total. The van der Waals surface area contributed by atoms with Gasteiger partial charge in [-0.3, -0.25) is 4.79 Å². The Kier molecular flexibility index (Phi) is 6.85. The lowest BCUT2D eigenvalue weighted by Crippen LogP contribution is -2.20. The predicted molar refractivity (Wildman–Crippen MR) is 96.0 cm³/mol. The van der Waals surface area contributed by atoms with Crippen molar-refractivity contribution in [3.63, 3.8) is 0 Å². The zero-order chi connectivity index (χ0) is 20.0. The van der Waals surface area contributed by atoms with Gasteiger partial charge in [0.2, 0.25) is 0 Å². The number of alkyl halides is 3. The molecule has 0 atom stereocenters. The topological polar surface area (TPSA) is 55.4 Å². The number of nitrogens with one attached hydrogen (secondary N) is 1. The highest BCUT2D eigenvalue weighted by Gasteiger charge is 2.33. The molecule has 4 nitrogen and oxygen atoms in total. The van der Waals surface area contributed by atoms with Gasteiger partial charge in [0.1, 0.15) is 11.5 Å². The van der Waals surface area contributed by atoms with Crippen LogP contribution < -0.4 is 10.1 Å². The minimum Gasteiger partial charge on any atom is -0.484 e. The Morgan fingerprint density at radius 1 is 1.11 bits per heavy atom. The van der Waals surface area contributed by atoms with Crippen LogP contribution in [0.5, 0.6) is 5.75 Å². The molecule has 144 valence electrons. The molecule has 0 bridgehead atoms. The highest BCUT2D eigenvalue weighted by Crippen LogP contribution is 2.36. The van der Waals surface area contributed by atoms with E-state index in [9.17, 15) is 22.8 Å². The van der Waals surface area contributed by atoms with E-state index in [1.54, 1.807) is 24.3 Å². The first-order valence-corrected chi connectivity index (χ1v) is 8.41. The first-order chi connectivity index (χ1) is 12.6. The highest BCUT2D eigenvalue weighted by molar-refractivity contribution is 6.31. The van der Waals surface area contributed by atoms with Crippen molar-refractivity contribution in [2.24, 2.45) is 0 Å². The number of anilines is 1. The summed E-state index contributed by atoms with van der Waals surface area (Å²) in [5.74, 6) is -0.0715. The van der Waals surface area contributed by atoms with E-state index in [0.717, 1.165) is 17.7 Å². The van der Waals surface area contributed by atoms with Gasteiger partial charge in [0, 0.05) is 12.1 Å². The minimum absolute atomic E-state index is 0.0279. The number of Topliss-reactive ketones (excluding diaryl/α,β-unsaturated/α-hetero) is 1. The summed E-state index contributed by atoms with van der Waals surface area (Å²) in [5, 5.41) is 1.89. The molecule has 8 heteroatoms. The molecule has 0 fully saturated rings. The number of aryl methyl sites for hydroxylation is 1. The largest absolute Gasteiger partial charge is 0.484 e. The van der Waals surface area contributed by atoms with Gasteiger partial charge in [-0.1, -0.05) is 23.7 Å². The van der Waals surface area contributed by atoms with Crippen LogP contribution in [0.15, 0.2) is 42.5 Å². The summed E-state index contributed by atoms with van der Waals surface area (Å²) in [4.78, 5) is 22.9. The molecular weight excluding hydrogens is 383 g/mol. The van der Waals surface area contributed by atoms with Gasteiger partial charge >= 0.3 is 6.18 Å². The molecule has 2 aromatic rings. The smallest absolute Gasteiger partial charge is 0.417 e. The zero-order valence-electron chi connectivity index (χ0n) is 14.4. The maximum atomic E-state index is 12.8. The number of carbonyl (C=O) groups is 2. The normalized spacial score (nSPS) is 11.1. The Labute approximate surface area is 159 Å². The molecule has 2 rings (SSSR count). The molecule has 0 aromatic heterocycles. The summed E-state index contributed by atoms with van der Waals surface area (Å²) in [6.07, 6.45) is -3.55. The lowest BCUT2D eigenvalue weighted by Gasteiger charge is -2.12. The summed E-state index contributed by atoms with van der Waals surface area (Å²) in [7, 11) is 0. The quantitative estimate of drug-likeness (QED) is 0.720. The lowest BCUT2D eigenvalue weighted by atomic mass is 10.1. The van der Waals surface area contributed by atoms with Crippen LogP contribution in [0.25, 0.3) is 0 Å². The van der Waals surface area contributed by atoms with E-state index >= 15 is 0 Å². The van der Waals surface area contributed by atoms with E-state index in [-0.39, 0.29) is 18.1 Å². The van der Waals surface area contributed by atoms with Crippen molar-refractivity contribution in [2.45, 2.75) is 25.9 Å². The van der Waals surface area contributed by atoms with Crippen molar-refractivity contribution in [2.75, 3.05) is 11.9 Å². The van der Waals surface area contributed by atoms with E-state index in [2.05, 4.69) is 5.32 Å². The number of hydrogen-bond acceptors (Lipinski definition) is 3. The maximum Gasteiger partial charge on any atom is 0.417 e. The first kappa shape index (κ1) is 20.8. The van der Waals surface area contributed by atoms with Gasteiger partial charge in [-0.25, -0.2) is 0 Å². The van der Waals surface area contributed by atoms with Crippen LogP contribution in [0, 0.1) is 0 Å². The third-order valence-corrected chi connectivity index (χ3v) is 3.94. The number of hydrogen-bond donors (Lipinski definition) is 1. The number of halogens is 4. The van der Waals surface area contributed by atoms with Gasteiger partial charge in [0.05, 0.1) is 10.6 Å².